The van der Waals surface area contributed by atoms with Gasteiger partial charge in [-0.05, 0) is 36.0 Å². The molecule has 0 bridgehead atoms. The maximum Gasteiger partial charge on any atom is 0.138 e. The molecule has 0 radical (unpaired) electrons. The summed E-state index contributed by atoms with van der Waals surface area (Å²) in [5.41, 5.74) is 2.43. The zero-order valence-corrected chi connectivity index (χ0v) is 10.2. The molecule has 1 heterocycles. The van der Waals surface area contributed by atoms with Gasteiger partial charge in [0.25, 0.3) is 0 Å². The molecule has 0 aliphatic heterocycles. The Morgan fingerprint density at radius 3 is 2.65 bits per heavy atom. The Balaban J connectivity index is 2.43. The SMILES string of the molecule is Cn1c2ccccc2c2cc(SC#N)ccc21. The van der Waals surface area contributed by atoms with Crippen LogP contribution in [0.1, 0.15) is 0 Å². The number of hydrogen-bond donors (Lipinski definition) is 0. The number of nitriles is 1. The first-order valence-electron chi connectivity index (χ1n) is 5.34. The van der Waals surface area contributed by atoms with E-state index >= 15 is 0 Å². The largest absolute Gasteiger partial charge is 0.344 e. The lowest BCUT2D eigenvalue weighted by Crippen LogP contribution is -1.85. The molecule has 3 heteroatoms. The van der Waals surface area contributed by atoms with E-state index in [1.807, 2.05) is 18.2 Å². The second-order valence-electron chi connectivity index (χ2n) is 3.95. The summed E-state index contributed by atoms with van der Waals surface area (Å²) in [6.07, 6.45) is 0. The van der Waals surface area contributed by atoms with Crippen LogP contribution in [-0.4, -0.2) is 4.57 Å². The van der Waals surface area contributed by atoms with Gasteiger partial charge in [0.2, 0.25) is 0 Å². The van der Waals surface area contributed by atoms with Gasteiger partial charge in [-0.2, -0.15) is 5.26 Å². The molecule has 0 atom stereocenters. The van der Waals surface area contributed by atoms with E-state index in [0.717, 1.165) is 4.90 Å². The van der Waals surface area contributed by atoms with Crippen LogP contribution in [0.5, 0.6) is 0 Å². The number of para-hydroxylation sites is 1. The van der Waals surface area contributed by atoms with Crippen molar-refractivity contribution in [1.29, 1.82) is 5.26 Å². The Morgan fingerprint density at radius 1 is 1.06 bits per heavy atom. The van der Waals surface area contributed by atoms with E-state index in [4.69, 9.17) is 5.26 Å². The highest BCUT2D eigenvalue weighted by Gasteiger charge is 2.07. The molecule has 0 aliphatic rings. The van der Waals surface area contributed by atoms with Gasteiger partial charge in [-0.25, -0.2) is 0 Å². The predicted octanol–water partition coefficient (Wildman–Crippen LogP) is 3.90. The number of nitrogens with zero attached hydrogens (tertiary/aromatic N) is 2. The van der Waals surface area contributed by atoms with Crippen LogP contribution in [0.3, 0.4) is 0 Å². The fraction of sp³-hybridized carbons (Fsp3) is 0.0714. The molecule has 0 amide bonds. The molecule has 0 spiro atoms. The maximum absolute atomic E-state index is 8.72. The average molecular weight is 238 g/mol. The van der Waals surface area contributed by atoms with Crippen LogP contribution >= 0.6 is 11.8 Å². The number of aromatic nitrogens is 1. The molecule has 0 unspecified atom stereocenters. The van der Waals surface area contributed by atoms with Crippen molar-refractivity contribution in [2.75, 3.05) is 0 Å². The lowest BCUT2D eigenvalue weighted by Gasteiger charge is -1.97. The molecule has 0 aliphatic carbocycles. The van der Waals surface area contributed by atoms with E-state index in [1.54, 1.807) is 0 Å². The van der Waals surface area contributed by atoms with Gasteiger partial charge in [-0.15, -0.1) is 0 Å². The predicted molar refractivity (Wildman–Crippen MR) is 71.9 cm³/mol. The topological polar surface area (TPSA) is 28.7 Å². The monoisotopic (exact) mass is 238 g/mol. The van der Waals surface area contributed by atoms with Crippen LogP contribution in [0.2, 0.25) is 0 Å². The van der Waals surface area contributed by atoms with Crippen LogP contribution in [0.4, 0.5) is 0 Å². The molecule has 0 N–H and O–H groups in total. The second-order valence-corrected chi connectivity index (χ2v) is 4.81. The molecule has 0 saturated carbocycles. The third-order valence-corrected chi connectivity index (χ3v) is 3.63. The normalized spacial score (nSPS) is 10.8. The molecule has 0 fully saturated rings. The van der Waals surface area contributed by atoms with Crippen LogP contribution in [-0.2, 0) is 7.05 Å². The number of benzene rings is 2. The van der Waals surface area contributed by atoms with Gasteiger partial charge in [0.15, 0.2) is 0 Å². The minimum absolute atomic E-state index is 0.997. The van der Waals surface area contributed by atoms with Crippen molar-refractivity contribution in [1.82, 2.24) is 4.57 Å². The molecular weight excluding hydrogens is 228 g/mol. The molecule has 2 nitrogen and oxygen atoms in total. The molecule has 3 aromatic rings. The highest BCUT2D eigenvalue weighted by Crippen LogP contribution is 2.31. The maximum atomic E-state index is 8.72. The first-order valence-corrected chi connectivity index (χ1v) is 6.16. The summed E-state index contributed by atoms with van der Waals surface area (Å²) in [5.74, 6) is 0. The molecule has 0 saturated heterocycles. The zero-order valence-electron chi connectivity index (χ0n) is 9.34. The van der Waals surface area contributed by atoms with Crippen LogP contribution < -0.4 is 0 Å². The first-order chi connectivity index (χ1) is 8.31. The van der Waals surface area contributed by atoms with Crippen molar-refractivity contribution in [3.63, 3.8) is 0 Å². The van der Waals surface area contributed by atoms with Crippen LogP contribution in [0, 0.1) is 10.7 Å². The molecule has 3 rings (SSSR count). The van der Waals surface area contributed by atoms with Crippen LogP contribution in [0.15, 0.2) is 47.4 Å². The van der Waals surface area contributed by atoms with Crippen molar-refractivity contribution in [3.8, 4) is 5.40 Å². The van der Waals surface area contributed by atoms with E-state index in [2.05, 4.69) is 41.3 Å². The molecule has 1 aromatic heterocycles. The minimum Gasteiger partial charge on any atom is -0.344 e. The summed E-state index contributed by atoms with van der Waals surface area (Å²) in [5, 5.41) is 13.3. The van der Waals surface area contributed by atoms with Gasteiger partial charge in [0.05, 0.1) is 0 Å². The molecule has 2 aromatic carbocycles. The van der Waals surface area contributed by atoms with Gasteiger partial charge >= 0.3 is 0 Å². The number of aryl methyl sites for hydroxylation is 1. The quantitative estimate of drug-likeness (QED) is 0.475. The van der Waals surface area contributed by atoms with Crippen molar-refractivity contribution in [3.05, 3.63) is 42.5 Å². The van der Waals surface area contributed by atoms with E-state index < -0.39 is 0 Å². The lowest BCUT2D eigenvalue weighted by molar-refractivity contribution is 1.01. The number of rotatable bonds is 1. The Labute approximate surface area is 103 Å². The summed E-state index contributed by atoms with van der Waals surface area (Å²) in [4.78, 5) is 0.997. The van der Waals surface area contributed by atoms with Gasteiger partial charge in [0.1, 0.15) is 5.40 Å². The number of thiocyanates is 1. The number of thioether (sulfide) groups is 1. The fourth-order valence-electron chi connectivity index (χ4n) is 2.26. The fourth-order valence-corrected chi connectivity index (χ4v) is 2.68. The highest BCUT2D eigenvalue weighted by molar-refractivity contribution is 8.03. The van der Waals surface area contributed by atoms with E-state index in [1.165, 1.54) is 33.6 Å². The molecule has 82 valence electrons. The van der Waals surface area contributed by atoms with Gasteiger partial charge in [-0.3, -0.25) is 0 Å². The average Bonchev–Trinajstić information content (AvgIpc) is 2.65. The minimum atomic E-state index is 0.997. The van der Waals surface area contributed by atoms with Crippen molar-refractivity contribution >= 4 is 33.6 Å². The molecular formula is C14H10N2S. The smallest absolute Gasteiger partial charge is 0.138 e. The van der Waals surface area contributed by atoms with Crippen molar-refractivity contribution in [2.45, 2.75) is 4.90 Å². The third kappa shape index (κ3) is 1.49. The summed E-state index contributed by atoms with van der Waals surface area (Å²) in [6.45, 7) is 0. The number of hydrogen-bond acceptors (Lipinski definition) is 2. The highest BCUT2D eigenvalue weighted by atomic mass is 32.2. The summed E-state index contributed by atoms with van der Waals surface area (Å²) < 4.78 is 2.19. The van der Waals surface area contributed by atoms with Crippen molar-refractivity contribution in [2.24, 2.45) is 7.05 Å². The van der Waals surface area contributed by atoms with Gasteiger partial charge in [0, 0.05) is 33.7 Å². The first kappa shape index (κ1) is 10.2. The summed E-state index contributed by atoms with van der Waals surface area (Å²) in [6, 6.07) is 14.5. The van der Waals surface area contributed by atoms with E-state index in [-0.39, 0.29) is 0 Å². The Morgan fingerprint density at radius 2 is 1.82 bits per heavy atom. The Kier molecular flexibility index (Phi) is 2.31. The molecule has 17 heavy (non-hydrogen) atoms. The lowest BCUT2D eigenvalue weighted by atomic mass is 10.1. The van der Waals surface area contributed by atoms with Gasteiger partial charge in [-0.1, -0.05) is 18.2 Å². The third-order valence-electron chi connectivity index (χ3n) is 3.05. The zero-order chi connectivity index (χ0) is 11.8. The number of fused-ring (bicyclic) bond motifs is 3. The van der Waals surface area contributed by atoms with Crippen molar-refractivity contribution < 1.29 is 0 Å². The Hall–Kier alpha value is -1.92. The van der Waals surface area contributed by atoms with E-state index in [0.29, 0.717) is 0 Å². The standard InChI is InChI=1S/C14H10N2S/c1-16-13-5-3-2-4-11(13)12-8-10(17-9-15)6-7-14(12)16/h2-8H,1H3. The van der Waals surface area contributed by atoms with E-state index in [9.17, 15) is 0 Å². The summed E-state index contributed by atoms with van der Waals surface area (Å²) in [7, 11) is 2.07. The van der Waals surface area contributed by atoms with Crippen LogP contribution in [0.25, 0.3) is 21.8 Å². The van der Waals surface area contributed by atoms with Gasteiger partial charge < -0.3 is 4.57 Å². The Bertz CT molecular complexity index is 750. The summed E-state index contributed by atoms with van der Waals surface area (Å²) >= 11 is 1.20. The second kappa shape index (κ2) is 3.83.